The number of hydrogen-bond donors (Lipinski definition) is 2. The van der Waals surface area contributed by atoms with Crippen LogP contribution in [0.3, 0.4) is 0 Å². The van der Waals surface area contributed by atoms with Gasteiger partial charge >= 0.3 is 5.97 Å². The molecule has 1 aliphatic rings. The molecule has 1 aromatic rings. The third kappa shape index (κ3) is 4.92. The van der Waals surface area contributed by atoms with E-state index < -0.39 is 5.92 Å². The molecule has 0 spiro atoms. The number of β-lactam (4-membered cyclic amide) rings is 1. The lowest BCUT2D eigenvalue weighted by atomic mass is 9.86. The second-order valence-electron chi connectivity index (χ2n) is 5.13. The molecule has 25 heavy (non-hydrogen) atoms. The number of hydrogen-bond acceptors (Lipinski definition) is 10. The molecule has 11 heteroatoms. The zero-order valence-electron chi connectivity index (χ0n) is 13.7. The normalized spacial score (nSPS) is 19.8. The summed E-state index contributed by atoms with van der Waals surface area (Å²) in [6.07, 6.45) is 1.44. The van der Waals surface area contributed by atoms with Gasteiger partial charge in [-0.05, 0) is 0 Å². The number of esters is 1. The number of nitrogens with zero attached hydrogens (tertiary/aromatic N) is 2. The Morgan fingerprint density at radius 1 is 1.48 bits per heavy atom. The number of amides is 1. The van der Waals surface area contributed by atoms with Gasteiger partial charge in [-0.2, -0.15) is 0 Å². The van der Waals surface area contributed by atoms with Gasteiger partial charge in [-0.1, -0.05) is 16.5 Å². The van der Waals surface area contributed by atoms with E-state index in [1.807, 2.05) is 0 Å². The first kappa shape index (κ1) is 19.2. The van der Waals surface area contributed by atoms with Crippen molar-refractivity contribution in [2.75, 3.05) is 31.5 Å². The summed E-state index contributed by atoms with van der Waals surface area (Å²) in [6, 6.07) is -0.179. The molecular weight excluding hydrogens is 368 g/mol. The zero-order chi connectivity index (χ0) is 18.4. The van der Waals surface area contributed by atoms with Crippen LogP contribution in [0.25, 0.3) is 0 Å². The number of carbonyl (C=O) groups excluding carboxylic acids is 3. The van der Waals surface area contributed by atoms with Gasteiger partial charge in [-0.15, -0.1) is 11.8 Å². The lowest BCUT2D eigenvalue weighted by Gasteiger charge is -2.36. The molecular formula is C14H18N4O5S2. The summed E-state index contributed by atoms with van der Waals surface area (Å²) in [5, 5.41) is 6.80. The summed E-state index contributed by atoms with van der Waals surface area (Å²) in [5.41, 5.74) is 5.68. The first-order valence-corrected chi connectivity index (χ1v) is 9.24. The van der Waals surface area contributed by atoms with Gasteiger partial charge in [0.25, 0.3) is 0 Å². The lowest BCUT2D eigenvalue weighted by Crippen LogP contribution is -2.60. The second kappa shape index (κ2) is 8.81. The minimum Gasteiger partial charge on any atom is -0.468 e. The summed E-state index contributed by atoms with van der Waals surface area (Å²) < 4.78 is 4.56. The first-order chi connectivity index (χ1) is 12.0. The van der Waals surface area contributed by atoms with Crippen molar-refractivity contribution in [3.8, 4) is 0 Å². The van der Waals surface area contributed by atoms with E-state index in [-0.39, 0.29) is 41.6 Å². The van der Waals surface area contributed by atoms with Crippen molar-refractivity contribution in [2.24, 2.45) is 11.1 Å². The number of ether oxygens (including phenoxy) is 1. The number of oxime groups is 1. The van der Waals surface area contributed by atoms with Gasteiger partial charge < -0.3 is 20.6 Å². The van der Waals surface area contributed by atoms with E-state index in [0.29, 0.717) is 15.8 Å². The van der Waals surface area contributed by atoms with Crippen LogP contribution < -0.4 is 11.1 Å². The van der Waals surface area contributed by atoms with E-state index in [1.54, 1.807) is 0 Å². The molecule has 0 saturated carbocycles. The molecule has 136 valence electrons. The molecule has 1 saturated heterocycles. The van der Waals surface area contributed by atoms with E-state index in [1.165, 1.54) is 32.2 Å². The average Bonchev–Trinajstić information content (AvgIpc) is 3.02. The third-order valence-electron chi connectivity index (χ3n) is 3.50. The summed E-state index contributed by atoms with van der Waals surface area (Å²) in [4.78, 5) is 44.5. The summed E-state index contributed by atoms with van der Waals surface area (Å²) in [5.74, 6) is -0.611. The molecule has 0 radical (unpaired) electrons. The Kier molecular flexibility index (Phi) is 6.76. The second-order valence-corrected chi connectivity index (χ2v) is 7.22. The Bertz CT molecular complexity index is 691. The molecule has 2 heterocycles. The molecule has 3 N–H and O–H groups in total. The Morgan fingerprint density at radius 2 is 2.24 bits per heavy atom. The van der Waals surface area contributed by atoms with E-state index in [4.69, 9.17) is 10.6 Å². The number of thiazole rings is 1. The number of nitrogens with two attached hydrogens (primary N) is 1. The highest BCUT2D eigenvalue weighted by Crippen LogP contribution is 2.25. The molecule has 2 atom stereocenters. The van der Waals surface area contributed by atoms with Crippen LogP contribution in [-0.4, -0.2) is 60.1 Å². The van der Waals surface area contributed by atoms with Crippen LogP contribution in [0.5, 0.6) is 0 Å². The number of carbonyl (C=O) groups is 3. The van der Waals surface area contributed by atoms with Crippen LogP contribution in [0.15, 0.2) is 11.4 Å². The van der Waals surface area contributed by atoms with Gasteiger partial charge in [0, 0.05) is 24.4 Å². The minimum absolute atomic E-state index is 0.00468. The van der Waals surface area contributed by atoms with Gasteiger partial charge in [0.1, 0.15) is 7.11 Å². The van der Waals surface area contributed by atoms with Crippen LogP contribution in [0.4, 0.5) is 5.13 Å². The Balaban J connectivity index is 1.96. The van der Waals surface area contributed by atoms with Crippen molar-refractivity contribution < 1.29 is 24.0 Å². The number of thioether (sulfide) groups is 1. The van der Waals surface area contributed by atoms with Gasteiger partial charge in [-0.25, -0.2) is 4.98 Å². The fraction of sp³-hybridized carbons (Fsp3) is 0.500. The number of methoxy groups -OCH3 is 1. The molecule has 1 amide bonds. The zero-order valence-corrected chi connectivity index (χ0v) is 15.3. The smallest absolute Gasteiger partial charge is 0.315 e. The van der Waals surface area contributed by atoms with E-state index >= 15 is 0 Å². The van der Waals surface area contributed by atoms with E-state index in [0.717, 1.165) is 11.3 Å². The number of aromatic nitrogens is 1. The molecule has 2 rings (SSSR count). The number of ketones is 1. The van der Waals surface area contributed by atoms with Crippen LogP contribution in [-0.2, 0) is 24.0 Å². The van der Waals surface area contributed by atoms with Gasteiger partial charge in [0.15, 0.2) is 16.6 Å². The maximum atomic E-state index is 12.5. The lowest BCUT2D eigenvalue weighted by molar-refractivity contribution is -0.137. The summed E-state index contributed by atoms with van der Waals surface area (Å²) >= 11 is 2.46. The van der Waals surface area contributed by atoms with Crippen molar-refractivity contribution in [3.05, 3.63) is 11.1 Å². The standard InChI is InChI=1S/C14H18N4O5S2/c1-22-11(20)6-24-5-8-7(13(21)17-8)3-9(19)12(18-23-2)10-4-16-14(15)25-10/h4,7-8H,3,5-6H2,1-2H3,(H2,15,16)(H,17,21)/b18-12+/t7-,8-/m0/s1. The molecule has 0 unspecified atom stereocenters. The number of anilines is 1. The highest BCUT2D eigenvalue weighted by atomic mass is 32.2. The monoisotopic (exact) mass is 386 g/mol. The van der Waals surface area contributed by atoms with Crippen LogP contribution in [0.2, 0.25) is 0 Å². The highest BCUT2D eigenvalue weighted by molar-refractivity contribution is 7.99. The first-order valence-electron chi connectivity index (χ1n) is 7.27. The number of rotatable bonds is 9. The Labute approximate surface area is 152 Å². The maximum Gasteiger partial charge on any atom is 0.315 e. The molecule has 1 fully saturated rings. The van der Waals surface area contributed by atoms with Crippen molar-refractivity contribution in [1.82, 2.24) is 10.3 Å². The Morgan fingerprint density at radius 3 is 2.80 bits per heavy atom. The molecule has 1 aliphatic heterocycles. The van der Waals surface area contributed by atoms with Gasteiger partial charge in [0.05, 0.1) is 23.7 Å². The highest BCUT2D eigenvalue weighted by Gasteiger charge is 2.41. The van der Waals surface area contributed by atoms with Crippen molar-refractivity contribution in [1.29, 1.82) is 0 Å². The number of Topliss-reactive ketones (excluding diaryl/α,β-unsaturated/α-hetero) is 1. The summed E-state index contributed by atoms with van der Waals surface area (Å²) in [7, 11) is 2.65. The van der Waals surface area contributed by atoms with Crippen LogP contribution >= 0.6 is 23.1 Å². The van der Waals surface area contributed by atoms with E-state index in [9.17, 15) is 14.4 Å². The number of nitrogens with one attached hydrogen (secondary N) is 1. The maximum absolute atomic E-state index is 12.5. The molecule has 1 aromatic heterocycles. The fourth-order valence-electron chi connectivity index (χ4n) is 2.22. The molecule has 0 bridgehead atoms. The van der Waals surface area contributed by atoms with Crippen molar-refractivity contribution in [3.63, 3.8) is 0 Å². The van der Waals surface area contributed by atoms with Crippen LogP contribution in [0.1, 0.15) is 11.3 Å². The molecule has 0 aliphatic carbocycles. The number of nitrogen functional groups attached to an aromatic ring is 1. The predicted molar refractivity (Wildman–Crippen MR) is 94.5 cm³/mol. The van der Waals surface area contributed by atoms with Crippen molar-refractivity contribution >= 4 is 51.6 Å². The van der Waals surface area contributed by atoms with Crippen LogP contribution in [0, 0.1) is 5.92 Å². The fourth-order valence-corrected chi connectivity index (χ4v) is 3.87. The summed E-state index contributed by atoms with van der Waals surface area (Å²) in [6.45, 7) is 0. The quantitative estimate of drug-likeness (QED) is 0.263. The topological polar surface area (TPSA) is 133 Å². The molecule has 0 aromatic carbocycles. The SMILES string of the molecule is CO/N=C(\C(=O)C[C@@H]1C(=O)N[C@H]1CSCC(=O)OC)c1cnc(N)s1. The largest absolute Gasteiger partial charge is 0.468 e. The van der Waals surface area contributed by atoms with Gasteiger partial charge in [0.2, 0.25) is 5.91 Å². The third-order valence-corrected chi connectivity index (χ3v) is 5.37. The van der Waals surface area contributed by atoms with E-state index in [2.05, 4.69) is 20.2 Å². The predicted octanol–water partition coefficient (Wildman–Crippen LogP) is 0.0558. The average molecular weight is 386 g/mol. The molecule has 9 nitrogen and oxygen atoms in total. The Hall–Kier alpha value is -2.14. The minimum atomic E-state index is -0.468. The van der Waals surface area contributed by atoms with Crippen molar-refractivity contribution in [2.45, 2.75) is 12.5 Å². The van der Waals surface area contributed by atoms with Gasteiger partial charge in [-0.3, -0.25) is 14.4 Å².